The lowest BCUT2D eigenvalue weighted by molar-refractivity contribution is -0.138. The largest absolute Gasteiger partial charge is 0.481 e. The number of aromatic nitrogens is 1. The van der Waals surface area contributed by atoms with Crippen LogP contribution >= 0.6 is 0 Å². The minimum Gasteiger partial charge on any atom is -0.481 e. The van der Waals surface area contributed by atoms with E-state index in [1.807, 2.05) is 13.0 Å². The molecule has 3 aromatic rings. The molecule has 1 aliphatic heterocycles. The Hall–Kier alpha value is -4.60. The Morgan fingerprint density at radius 2 is 1.68 bits per heavy atom. The highest BCUT2D eigenvalue weighted by Crippen LogP contribution is 2.24. The molecule has 9 nitrogen and oxygen atoms in total. The van der Waals surface area contributed by atoms with Crippen LogP contribution in [0.4, 0.5) is 4.39 Å². The van der Waals surface area contributed by atoms with Crippen molar-refractivity contribution in [3.8, 4) is 0 Å². The van der Waals surface area contributed by atoms with E-state index in [-0.39, 0.29) is 24.2 Å². The first-order chi connectivity index (χ1) is 18.2. The van der Waals surface area contributed by atoms with Crippen molar-refractivity contribution in [1.29, 1.82) is 0 Å². The van der Waals surface area contributed by atoms with Crippen LogP contribution in [0.25, 0.3) is 0 Å². The molecule has 1 aromatic heterocycles. The van der Waals surface area contributed by atoms with Crippen molar-refractivity contribution in [3.05, 3.63) is 101 Å². The highest BCUT2D eigenvalue weighted by atomic mass is 19.1. The molecule has 2 N–H and O–H groups in total. The van der Waals surface area contributed by atoms with Crippen LogP contribution in [-0.4, -0.2) is 62.8 Å². The minimum atomic E-state index is -1.37. The lowest BCUT2D eigenvalue weighted by Gasteiger charge is -2.43. The molecule has 0 radical (unpaired) electrons. The SMILES string of the molecule is Cc1cccc(C(CC(=O)O)NC(=O)C2N(C(=O)c3ccc(F)cc3)CCCN2C(=O)c2cccnc2)c1. The van der Waals surface area contributed by atoms with E-state index in [2.05, 4.69) is 10.3 Å². The number of halogens is 1. The van der Waals surface area contributed by atoms with Crippen LogP contribution in [0.5, 0.6) is 0 Å². The third-order valence-electron chi connectivity index (χ3n) is 6.28. The predicted molar refractivity (Wildman–Crippen MR) is 135 cm³/mol. The first-order valence-electron chi connectivity index (χ1n) is 12.1. The van der Waals surface area contributed by atoms with Gasteiger partial charge in [0.15, 0.2) is 6.17 Å². The molecular weight excluding hydrogens is 491 g/mol. The quantitative estimate of drug-likeness (QED) is 0.496. The van der Waals surface area contributed by atoms with Crippen molar-refractivity contribution >= 4 is 23.7 Å². The second-order valence-corrected chi connectivity index (χ2v) is 9.05. The Morgan fingerprint density at radius 3 is 2.29 bits per heavy atom. The molecular formula is C28H27FN4O5. The Balaban J connectivity index is 1.71. The molecule has 196 valence electrons. The maximum Gasteiger partial charge on any atom is 0.305 e. The molecule has 3 amide bonds. The normalized spacial score (nSPS) is 16.0. The summed E-state index contributed by atoms with van der Waals surface area (Å²) in [6.45, 7) is 2.20. The van der Waals surface area contributed by atoms with Crippen molar-refractivity contribution in [2.24, 2.45) is 0 Å². The number of benzene rings is 2. The fourth-order valence-electron chi connectivity index (χ4n) is 4.51. The van der Waals surface area contributed by atoms with Gasteiger partial charge in [0.1, 0.15) is 5.82 Å². The number of hydrogen-bond acceptors (Lipinski definition) is 5. The summed E-state index contributed by atoms with van der Waals surface area (Å²) in [5.41, 5.74) is 1.85. The summed E-state index contributed by atoms with van der Waals surface area (Å²) in [5.74, 6) is -3.40. The van der Waals surface area contributed by atoms with Crippen LogP contribution < -0.4 is 5.32 Å². The van der Waals surface area contributed by atoms with Crippen molar-refractivity contribution in [1.82, 2.24) is 20.1 Å². The van der Waals surface area contributed by atoms with Crippen LogP contribution in [0, 0.1) is 12.7 Å². The van der Waals surface area contributed by atoms with Gasteiger partial charge < -0.3 is 20.2 Å². The molecule has 2 aromatic carbocycles. The fraction of sp³-hybridized carbons (Fsp3) is 0.250. The van der Waals surface area contributed by atoms with E-state index in [0.29, 0.717) is 12.0 Å². The molecule has 10 heteroatoms. The molecule has 1 saturated heterocycles. The Morgan fingerprint density at radius 1 is 1.00 bits per heavy atom. The Kier molecular flexibility index (Phi) is 8.10. The van der Waals surface area contributed by atoms with Gasteiger partial charge in [-0.1, -0.05) is 29.8 Å². The smallest absolute Gasteiger partial charge is 0.305 e. The van der Waals surface area contributed by atoms with Gasteiger partial charge in [-0.25, -0.2) is 4.39 Å². The van der Waals surface area contributed by atoms with E-state index in [0.717, 1.165) is 17.7 Å². The summed E-state index contributed by atoms with van der Waals surface area (Å²) in [6, 6.07) is 14.3. The number of nitrogens with one attached hydrogen (secondary N) is 1. The van der Waals surface area contributed by atoms with E-state index >= 15 is 0 Å². The van der Waals surface area contributed by atoms with E-state index in [1.165, 1.54) is 34.3 Å². The number of nitrogens with zero attached hydrogens (tertiary/aromatic N) is 3. The molecule has 1 fully saturated rings. The van der Waals surface area contributed by atoms with Gasteiger partial charge in [-0.2, -0.15) is 0 Å². The molecule has 2 atom stereocenters. The van der Waals surface area contributed by atoms with Gasteiger partial charge in [0.05, 0.1) is 18.0 Å². The number of carboxylic acids is 1. The van der Waals surface area contributed by atoms with Gasteiger partial charge in [0, 0.05) is 31.0 Å². The number of carbonyl (C=O) groups is 4. The monoisotopic (exact) mass is 518 g/mol. The van der Waals surface area contributed by atoms with Gasteiger partial charge in [-0.05, 0) is 55.3 Å². The first kappa shape index (κ1) is 26.5. The number of aliphatic carboxylic acids is 1. The second-order valence-electron chi connectivity index (χ2n) is 9.05. The number of carbonyl (C=O) groups excluding carboxylic acids is 3. The molecule has 0 spiro atoms. The predicted octanol–water partition coefficient (Wildman–Crippen LogP) is 3.18. The van der Waals surface area contributed by atoms with Gasteiger partial charge in [-0.3, -0.25) is 24.2 Å². The van der Waals surface area contributed by atoms with Crippen molar-refractivity contribution in [3.63, 3.8) is 0 Å². The number of carboxylic acid groups (broad SMARTS) is 1. The number of aryl methyl sites for hydroxylation is 1. The summed E-state index contributed by atoms with van der Waals surface area (Å²) < 4.78 is 13.5. The average molecular weight is 519 g/mol. The maximum atomic E-state index is 13.8. The lowest BCUT2D eigenvalue weighted by Crippen LogP contribution is -2.63. The summed E-state index contributed by atoms with van der Waals surface area (Å²) >= 11 is 0. The third kappa shape index (κ3) is 6.03. The molecule has 1 aliphatic rings. The van der Waals surface area contributed by atoms with E-state index < -0.39 is 48.1 Å². The van der Waals surface area contributed by atoms with Crippen LogP contribution in [0.1, 0.15) is 50.7 Å². The van der Waals surface area contributed by atoms with Gasteiger partial charge in [-0.15, -0.1) is 0 Å². The van der Waals surface area contributed by atoms with Gasteiger partial charge >= 0.3 is 5.97 Å². The third-order valence-corrected chi connectivity index (χ3v) is 6.28. The van der Waals surface area contributed by atoms with Crippen LogP contribution in [0.15, 0.2) is 73.1 Å². The van der Waals surface area contributed by atoms with Crippen molar-refractivity contribution in [2.45, 2.75) is 32.0 Å². The number of rotatable bonds is 7. The number of hydrogen-bond donors (Lipinski definition) is 2. The average Bonchev–Trinajstić information content (AvgIpc) is 2.92. The lowest BCUT2D eigenvalue weighted by atomic mass is 10.0. The number of amides is 3. The highest BCUT2D eigenvalue weighted by Gasteiger charge is 2.41. The fourth-order valence-corrected chi connectivity index (χ4v) is 4.51. The van der Waals surface area contributed by atoms with E-state index in [4.69, 9.17) is 0 Å². The Labute approximate surface area is 218 Å². The molecule has 0 saturated carbocycles. The molecule has 0 bridgehead atoms. The first-order valence-corrected chi connectivity index (χ1v) is 12.1. The zero-order valence-corrected chi connectivity index (χ0v) is 20.7. The molecule has 4 rings (SSSR count). The van der Waals surface area contributed by atoms with Crippen molar-refractivity contribution in [2.75, 3.05) is 13.1 Å². The number of pyridine rings is 1. The topological polar surface area (TPSA) is 120 Å². The van der Waals surface area contributed by atoms with Crippen LogP contribution in [0.3, 0.4) is 0 Å². The second kappa shape index (κ2) is 11.6. The molecule has 2 heterocycles. The maximum absolute atomic E-state index is 13.8. The molecule has 38 heavy (non-hydrogen) atoms. The van der Waals surface area contributed by atoms with E-state index in [1.54, 1.807) is 30.3 Å². The van der Waals surface area contributed by atoms with Gasteiger partial charge in [0.2, 0.25) is 0 Å². The standard InChI is InChI=1S/C28H27FN4O5/c1-18-5-2-6-20(15-18)23(16-24(34)35)31-25(36)26-32(27(37)19-8-10-22(29)11-9-19)13-4-14-33(26)28(38)21-7-3-12-30-17-21/h2-3,5-12,15,17,23,26H,4,13-14,16H2,1H3,(H,31,36)(H,34,35). The summed E-state index contributed by atoms with van der Waals surface area (Å²) in [6.07, 6.45) is 1.52. The van der Waals surface area contributed by atoms with Crippen LogP contribution in [0.2, 0.25) is 0 Å². The zero-order chi connectivity index (χ0) is 27.2. The minimum absolute atomic E-state index is 0.153. The highest BCUT2D eigenvalue weighted by molar-refractivity contribution is 6.01. The van der Waals surface area contributed by atoms with E-state index in [9.17, 15) is 28.7 Å². The van der Waals surface area contributed by atoms with Crippen molar-refractivity contribution < 1.29 is 28.7 Å². The summed E-state index contributed by atoms with van der Waals surface area (Å²) in [4.78, 5) is 59.0. The Bertz CT molecular complexity index is 1330. The summed E-state index contributed by atoms with van der Waals surface area (Å²) in [5, 5.41) is 12.3. The summed E-state index contributed by atoms with van der Waals surface area (Å²) in [7, 11) is 0. The van der Waals surface area contributed by atoms with Gasteiger partial charge in [0.25, 0.3) is 17.7 Å². The zero-order valence-electron chi connectivity index (χ0n) is 20.7. The molecule has 2 unspecified atom stereocenters. The van der Waals surface area contributed by atoms with Crippen LogP contribution in [-0.2, 0) is 9.59 Å². The molecule has 0 aliphatic carbocycles.